The van der Waals surface area contributed by atoms with Crippen LogP contribution in [-0.2, 0) is 12.4 Å². The normalized spacial score (nSPS) is 10.4. The molecule has 2 aromatic rings. The van der Waals surface area contributed by atoms with Crippen LogP contribution in [0.25, 0.3) is 0 Å². The number of alkyl halides is 1. The second-order valence-electron chi connectivity index (χ2n) is 3.95. The Labute approximate surface area is 110 Å². The highest BCUT2D eigenvalue weighted by atomic mass is 35.5. The topological polar surface area (TPSA) is 29.0 Å². The fraction of sp³-hybridized carbons (Fsp3) is 0.231. The van der Waals surface area contributed by atoms with Gasteiger partial charge in [0.15, 0.2) is 0 Å². The Morgan fingerprint density at radius 2 is 2.00 bits per heavy atom. The van der Waals surface area contributed by atoms with Crippen LogP contribution in [0, 0.1) is 5.82 Å². The molecule has 1 heterocycles. The minimum absolute atomic E-state index is 0.213. The average molecular weight is 266 g/mol. The number of aromatic nitrogens is 2. The second-order valence-corrected chi connectivity index (χ2v) is 4.21. The molecule has 0 saturated carbocycles. The van der Waals surface area contributed by atoms with Crippen LogP contribution in [0.4, 0.5) is 10.2 Å². The predicted molar refractivity (Wildman–Crippen MR) is 70.1 cm³/mol. The molecular formula is C13H13ClFN3. The third-order valence-electron chi connectivity index (χ3n) is 2.59. The maximum atomic E-state index is 13.5. The van der Waals surface area contributed by atoms with Crippen molar-refractivity contribution in [1.82, 2.24) is 9.97 Å². The molecule has 0 atom stereocenters. The molecular weight excluding hydrogens is 253 g/mol. The molecule has 0 bridgehead atoms. The van der Waals surface area contributed by atoms with Crippen molar-refractivity contribution in [2.24, 2.45) is 0 Å². The van der Waals surface area contributed by atoms with Gasteiger partial charge in [0.1, 0.15) is 11.6 Å². The Bertz CT molecular complexity index is 516. The maximum absolute atomic E-state index is 13.5. The summed E-state index contributed by atoms with van der Waals surface area (Å²) in [7, 11) is 1.84. The molecule has 0 spiro atoms. The van der Waals surface area contributed by atoms with E-state index in [4.69, 9.17) is 11.6 Å². The van der Waals surface area contributed by atoms with Gasteiger partial charge in [-0.05, 0) is 6.07 Å². The van der Waals surface area contributed by atoms with Crippen molar-refractivity contribution >= 4 is 17.4 Å². The van der Waals surface area contributed by atoms with Crippen LogP contribution in [0.2, 0.25) is 0 Å². The predicted octanol–water partition coefficient (Wildman–Crippen LogP) is 2.99. The lowest BCUT2D eigenvalue weighted by atomic mass is 10.2. The van der Waals surface area contributed by atoms with Gasteiger partial charge >= 0.3 is 0 Å². The van der Waals surface area contributed by atoms with Crippen molar-refractivity contribution in [1.29, 1.82) is 0 Å². The quantitative estimate of drug-likeness (QED) is 0.796. The standard InChI is InChI=1S/C13H13ClFN3/c1-18(9-10-4-2-3-5-12(10)15)13-8-16-11(6-14)7-17-13/h2-5,7-8H,6,9H2,1H3. The van der Waals surface area contributed by atoms with E-state index < -0.39 is 0 Å². The molecule has 0 radical (unpaired) electrons. The van der Waals surface area contributed by atoms with E-state index in [1.807, 2.05) is 18.0 Å². The van der Waals surface area contributed by atoms with Crippen LogP contribution in [0.3, 0.4) is 0 Å². The SMILES string of the molecule is CN(Cc1ccccc1F)c1cnc(CCl)cn1. The lowest BCUT2D eigenvalue weighted by Crippen LogP contribution is -2.18. The highest BCUT2D eigenvalue weighted by Gasteiger charge is 2.07. The molecule has 94 valence electrons. The van der Waals surface area contributed by atoms with E-state index in [2.05, 4.69) is 9.97 Å². The van der Waals surface area contributed by atoms with E-state index in [1.54, 1.807) is 24.5 Å². The zero-order chi connectivity index (χ0) is 13.0. The summed E-state index contributed by atoms with van der Waals surface area (Å²) in [5.74, 6) is 0.812. The third-order valence-corrected chi connectivity index (χ3v) is 2.86. The second kappa shape index (κ2) is 5.78. The van der Waals surface area contributed by atoms with Gasteiger partial charge in [-0.3, -0.25) is 4.98 Å². The Morgan fingerprint density at radius 3 is 2.61 bits per heavy atom. The summed E-state index contributed by atoms with van der Waals surface area (Å²) in [4.78, 5) is 10.2. The molecule has 1 aromatic heterocycles. The van der Waals surface area contributed by atoms with Gasteiger partial charge < -0.3 is 4.90 Å². The molecule has 0 unspecified atom stereocenters. The van der Waals surface area contributed by atoms with E-state index in [1.165, 1.54) is 6.07 Å². The Kier molecular flexibility index (Phi) is 4.10. The van der Waals surface area contributed by atoms with Crippen molar-refractivity contribution < 1.29 is 4.39 Å². The zero-order valence-corrected chi connectivity index (χ0v) is 10.7. The number of hydrogen-bond donors (Lipinski definition) is 0. The Hall–Kier alpha value is -1.68. The molecule has 2 rings (SSSR count). The lowest BCUT2D eigenvalue weighted by Gasteiger charge is -2.18. The summed E-state index contributed by atoms with van der Waals surface area (Å²) >= 11 is 5.64. The van der Waals surface area contributed by atoms with Gasteiger partial charge in [0, 0.05) is 19.2 Å². The van der Waals surface area contributed by atoms with E-state index in [9.17, 15) is 4.39 Å². The number of nitrogens with zero attached hydrogens (tertiary/aromatic N) is 3. The molecule has 18 heavy (non-hydrogen) atoms. The number of benzene rings is 1. The molecule has 1 aromatic carbocycles. The number of anilines is 1. The fourth-order valence-corrected chi connectivity index (χ4v) is 1.72. The van der Waals surface area contributed by atoms with Gasteiger partial charge in [-0.1, -0.05) is 18.2 Å². The molecule has 0 N–H and O–H groups in total. The highest BCUT2D eigenvalue weighted by Crippen LogP contribution is 2.14. The van der Waals surface area contributed by atoms with E-state index in [0.29, 0.717) is 23.8 Å². The minimum atomic E-state index is -0.213. The fourth-order valence-electron chi connectivity index (χ4n) is 1.58. The monoisotopic (exact) mass is 265 g/mol. The Morgan fingerprint density at radius 1 is 1.22 bits per heavy atom. The molecule has 0 aliphatic carbocycles. The summed E-state index contributed by atoms with van der Waals surface area (Å²) < 4.78 is 13.5. The van der Waals surface area contributed by atoms with E-state index in [-0.39, 0.29) is 5.82 Å². The van der Waals surface area contributed by atoms with Gasteiger partial charge in [0.2, 0.25) is 0 Å². The first-order valence-electron chi connectivity index (χ1n) is 5.52. The summed E-state index contributed by atoms with van der Waals surface area (Å²) in [5.41, 5.74) is 1.35. The summed E-state index contributed by atoms with van der Waals surface area (Å²) in [5, 5.41) is 0. The highest BCUT2D eigenvalue weighted by molar-refractivity contribution is 6.16. The average Bonchev–Trinajstić information content (AvgIpc) is 2.41. The first-order valence-corrected chi connectivity index (χ1v) is 6.05. The summed E-state index contributed by atoms with van der Waals surface area (Å²) in [6.45, 7) is 0.446. The van der Waals surface area contributed by atoms with Crippen LogP contribution in [0.15, 0.2) is 36.7 Å². The van der Waals surface area contributed by atoms with Crippen molar-refractivity contribution in [3.8, 4) is 0 Å². The van der Waals surface area contributed by atoms with Gasteiger partial charge in [0.25, 0.3) is 0 Å². The first kappa shape index (κ1) is 12.8. The maximum Gasteiger partial charge on any atom is 0.147 e. The molecule has 0 amide bonds. The van der Waals surface area contributed by atoms with Gasteiger partial charge in [-0.2, -0.15) is 0 Å². The van der Waals surface area contributed by atoms with Gasteiger partial charge in [-0.25, -0.2) is 9.37 Å². The molecule has 0 aliphatic rings. The molecule has 0 aliphatic heterocycles. The minimum Gasteiger partial charge on any atom is -0.354 e. The molecule has 0 fully saturated rings. The van der Waals surface area contributed by atoms with Gasteiger partial charge in [0.05, 0.1) is 24.0 Å². The van der Waals surface area contributed by atoms with Crippen molar-refractivity contribution in [3.63, 3.8) is 0 Å². The van der Waals surface area contributed by atoms with Crippen LogP contribution in [0.1, 0.15) is 11.3 Å². The van der Waals surface area contributed by atoms with Crippen LogP contribution in [-0.4, -0.2) is 17.0 Å². The van der Waals surface area contributed by atoms with E-state index >= 15 is 0 Å². The molecule has 3 nitrogen and oxygen atoms in total. The summed E-state index contributed by atoms with van der Waals surface area (Å²) in [6, 6.07) is 6.69. The Balaban J connectivity index is 2.11. The van der Waals surface area contributed by atoms with Gasteiger partial charge in [-0.15, -0.1) is 11.6 Å². The lowest BCUT2D eigenvalue weighted by molar-refractivity contribution is 0.607. The number of rotatable bonds is 4. The zero-order valence-electron chi connectivity index (χ0n) is 9.98. The van der Waals surface area contributed by atoms with E-state index in [0.717, 1.165) is 5.69 Å². The number of hydrogen-bond acceptors (Lipinski definition) is 3. The van der Waals surface area contributed by atoms with Crippen LogP contribution in [0.5, 0.6) is 0 Å². The smallest absolute Gasteiger partial charge is 0.147 e. The molecule has 5 heteroatoms. The summed E-state index contributed by atoms with van der Waals surface area (Å²) in [6.07, 6.45) is 3.26. The van der Waals surface area contributed by atoms with Crippen molar-refractivity contribution in [3.05, 3.63) is 53.7 Å². The third kappa shape index (κ3) is 2.96. The van der Waals surface area contributed by atoms with Crippen LogP contribution >= 0.6 is 11.6 Å². The van der Waals surface area contributed by atoms with Crippen molar-refractivity contribution in [2.75, 3.05) is 11.9 Å². The number of halogens is 2. The largest absolute Gasteiger partial charge is 0.354 e. The molecule has 0 saturated heterocycles. The van der Waals surface area contributed by atoms with Crippen molar-refractivity contribution in [2.45, 2.75) is 12.4 Å². The first-order chi connectivity index (χ1) is 8.70. The van der Waals surface area contributed by atoms with Crippen LogP contribution < -0.4 is 4.90 Å².